The Labute approximate surface area is 367 Å². The van der Waals surface area contributed by atoms with Crippen molar-refractivity contribution in [3.05, 3.63) is 59.9 Å². The normalized spacial score (nSPS) is 27.0. The zero-order chi connectivity index (χ0) is 47.0. The van der Waals surface area contributed by atoms with E-state index in [1.807, 2.05) is 13.8 Å². The highest BCUT2D eigenvalue weighted by atomic mass is 16.5. The summed E-state index contributed by atoms with van der Waals surface area (Å²) in [4.78, 5) is 122. The van der Waals surface area contributed by atoms with Gasteiger partial charge in [0, 0.05) is 40.3 Å². The molecule has 5 N–H and O–H groups in total. The van der Waals surface area contributed by atoms with E-state index in [0.29, 0.717) is 5.56 Å². The predicted molar refractivity (Wildman–Crippen MR) is 228 cm³/mol. The molecule has 3 heterocycles. The van der Waals surface area contributed by atoms with Crippen molar-refractivity contribution in [2.24, 2.45) is 17.8 Å². The zero-order valence-corrected chi connectivity index (χ0v) is 37.6. The molecule has 2 aromatic rings. The van der Waals surface area contributed by atoms with Crippen molar-refractivity contribution in [3.63, 3.8) is 0 Å². The number of pyridine rings is 1. The van der Waals surface area contributed by atoms with Crippen LogP contribution in [0.4, 0.5) is 0 Å². The fraction of sp³-hybridized carbons (Fsp3) is 0.568. The lowest BCUT2D eigenvalue weighted by atomic mass is 9.88. The smallest absolute Gasteiger partial charge is 0.333 e. The number of hydrogen-bond acceptors (Lipinski definition) is 12. The number of carbonyl (C=O) groups is 8. The predicted octanol–water partition coefficient (Wildman–Crippen LogP) is 0.606. The molecule has 0 bridgehead atoms. The molecule has 2 aliphatic heterocycles. The molecule has 0 aliphatic carbocycles. The summed E-state index contributed by atoms with van der Waals surface area (Å²) < 4.78 is 5.91. The van der Waals surface area contributed by atoms with E-state index in [0.717, 1.165) is 14.7 Å². The third kappa shape index (κ3) is 11.9. The average molecular weight is 879 g/mol. The summed E-state index contributed by atoms with van der Waals surface area (Å²) in [7, 11) is 4.13. The van der Waals surface area contributed by atoms with Crippen molar-refractivity contribution in [2.75, 3.05) is 34.2 Å². The Bertz CT molecular complexity index is 2020. The van der Waals surface area contributed by atoms with Crippen LogP contribution in [-0.4, -0.2) is 159 Å². The molecule has 8 unspecified atom stereocenters. The summed E-state index contributed by atoms with van der Waals surface area (Å²) in [5.41, 5.74) is -0.145. The van der Waals surface area contributed by atoms with E-state index >= 15 is 0 Å². The van der Waals surface area contributed by atoms with E-state index in [2.05, 4.69) is 20.9 Å². The van der Waals surface area contributed by atoms with Gasteiger partial charge in [0.2, 0.25) is 35.4 Å². The fourth-order valence-electron chi connectivity index (χ4n) is 7.82. The topological polar surface area (TPSA) is 248 Å². The van der Waals surface area contributed by atoms with E-state index in [1.54, 1.807) is 51.1 Å². The first-order valence-electron chi connectivity index (χ1n) is 21.1. The van der Waals surface area contributed by atoms with Crippen LogP contribution in [0.25, 0.3) is 0 Å². The van der Waals surface area contributed by atoms with E-state index in [4.69, 9.17) is 4.74 Å². The standard InChI is InChI=1S/C44H62N8O11/c1-23(2)19-30-42(60)52-21-29(53)20-31(52)43(61)49(8)22-33(55)50(9)36(25(5)24(3)4)40(58)46-26(6)41(59)51(10)37(28-15-12-11-13-16-28)44(62)63-27(7)34(38(56)47-30)48-39(57)35-32(54)17-14-18-45-35/h11-18,23-27,29-31,34,36-37,53-54H,19-22H2,1-10H3,(H,46,58)(H,47,56)(H,48,57)/t25?,26?,27?,29-,30?,31?,34?,36?,37?/m1/s1. The van der Waals surface area contributed by atoms with Crippen LogP contribution in [0.15, 0.2) is 48.7 Å². The second kappa shape index (κ2) is 21.3. The number of nitrogens with one attached hydrogen (secondary N) is 3. The number of hydrogen-bond donors (Lipinski definition) is 5. The van der Waals surface area contributed by atoms with Gasteiger partial charge in [0.05, 0.1) is 12.6 Å². The largest absolute Gasteiger partial charge is 0.505 e. The monoisotopic (exact) mass is 878 g/mol. The van der Waals surface area contributed by atoms with Crippen molar-refractivity contribution in [2.45, 2.75) is 110 Å². The first kappa shape index (κ1) is 49.5. The van der Waals surface area contributed by atoms with Crippen molar-refractivity contribution in [1.29, 1.82) is 0 Å². The minimum atomic E-state index is -1.74. The maximum absolute atomic E-state index is 14.5. The van der Waals surface area contributed by atoms with Crippen LogP contribution in [0.3, 0.4) is 0 Å². The number of carbonyl (C=O) groups excluding carboxylic acids is 8. The molecule has 0 radical (unpaired) electrons. The number of likely N-dealkylation sites (N-methyl/N-ethyl adjacent to an activating group) is 3. The average Bonchev–Trinajstić information content (AvgIpc) is 3.62. The molecule has 7 amide bonds. The quantitative estimate of drug-likeness (QED) is 0.240. The summed E-state index contributed by atoms with van der Waals surface area (Å²) in [6, 6.07) is 2.60. The van der Waals surface area contributed by atoms with Crippen molar-refractivity contribution < 1.29 is 53.3 Å². The Morgan fingerprint density at radius 1 is 0.873 bits per heavy atom. The van der Waals surface area contributed by atoms with E-state index in [9.17, 15) is 48.6 Å². The minimum absolute atomic E-state index is 0.0335. The van der Waals surface area contributed by atoms with Gasteiger partial charge in [-0.25, -0.2) is 9.78 Å². The van der Waals surface area contributed by atoms with Gasteiger partial charge >= 0.3 is 5.97 Å². The second-order valence-electron chi connectivity index (χ2n) is 17.3. The van der Waals surface area contributed by atoms with Gasteiger partial charge in [0.1, 0.15) is 42.1 Å². The third-order valence-electron chi connectivity index (χ3n) is 11.7. The number of fused-ring (bicyclic) bond motifs is 1. The molecule has 2 fully saturated rings. The molecular formula is C44H62N8O11. The Kier molecular flexibility index (Phi) is 16.8. The van der Waals surface area contributed by atoms with Crippen LogP contribution in [-0.2, 0) is 38.3 Å². The third-order valence-corrected chi connectivity index (χ3v) is 11.7. The molecule has 19 heteroatoms. The molecule has 9 atom stereocenters. The van der Waals surface area contributed by atoms with Gasteiger partial charge in [-0.3, -0.25) is 33.6 Å². The minimum Gasteiger partial charge on any atom is -0.505 e. The summed E-state index contributed by atoms with van der Waals surface area (Å²) in [6.45, 7) is 11.1. The van der Waals surface area contributed by atoms with Crippen molar-refractivity contribution in [3.8, 4) is 5.75 Å². The Hall–Kier alpha value is -6.11. The number of amides is 7. The summed E-state index contributed by atoms with van der Waals surface area (Å²) >= 11 is 0. The first-order valence-corrected chi connectivity index (χ1v) is 21.1. The molecule has 2 saturated heterocycles. The number of nitrogens with zero attached hydrogens (tertiary/aromatic N) is 5. The van der Waals surface area contributed by atoms with Crippen molar-refractivity contribution >= 4 is 47.3 Å². The van der Waals surface area contributed by atoms with Crippen LogP contribution < -0.4 is 16.0 Å². The Morgan fingerprint density at radius 2 is 1.52 bits per heavy atom. The molecule has 344 valence electrons. The molecule has 1 aromatic carbocycles. The molecule has 1 aromatic heterocycles. The van der Waals surface area contributed by atoms with E-state index in [-0.39, 0.29) is 31.2 Å². The lowest BCUT2D eigenvalue weighted by Crippen LogP contribution is -2.60. The highest BCUT2D eigenvalue weighted by Gasteiger charge is 2.45. The van der Waals surface area contributed by atoms with Gasteiger partial charge < -0.3 is 50.5 Å². The van der Waals surface area contributed by atoms with Gasteiger partial charge in [-0.05, 0) is 55.7 Å². The number of aromatic hydroxyl groups is 1. The van der Waals surface area contributed by atoms with Gasteiger partial charge in [-0.15, -0.1) is 0 Å². The lowest BCUT2D eigenvalue weighted by molar-refractivity contribution is -0.161. The highest BCUT2D eigenvalue weighted by molar-refractivity contribution is 6.00. The van der Waals surface area contributed by atoms with E-state index in [1.165, 1.54) is 58.2 Å². The number of aliphatic hydroxyl groups is 1. The lowest BCUT2D eigenvalue weighted by Gasteiger charge is -2.37. The summed E-state index contributed by atoms with van der Waals surface area (Å²) in [6.07, 6.45) is -1.52. The fourth-order valence-corrected chi connectivity index (χ4v) is 7.82. The number of esters is 1. The maximum atomic E-state index is 14.5. The molecular weight excluding hydrogens is 817 g/mol. The molecule has 19 nitrogen and oxygen atoms in total. The van der Waals surface area contributed by atoms with Crippen LogP contribution in [0, 0.1) is 17.8 Å². The Balaban J connectivity index is 1.86. The molecule has 2 aliphatic rings. The molecule has 4 rings (SSSR count). The van der Waals surface area contributed by atoms with Gasteiger partial charge in [-0.1, -0.05) is 65.0 Å². The SMILES string of the molecule is CC(C)CC1NC(=O)C(NC(=O)c2ncccc2O)C(C)OC(=O)C(c2ccccc2)N(C)C(=O)C(C)NC(=O)C(C(C)C(C)C)N(C)C(=O)CN(C)C(=O)C2C[C@@H](O)CN2C1=O. The van der Waals surface area contributed by atoms with Crippen LogP contribution in [0.5, 0.6) is 5.75 Å². The number of cyclic esters (lactones) is 1. The number of benzene rings is 1. The van der Waals surface area contributed by atoms with Crippen LogP contribution in [0.2, 0.25) is 0 Å². The highest BCUT2D eigenvalue weighted by Crippen LogP contribution is 2.26. The maximum Gasteiger partial charge on any atom is 0.333 e. The first-order chi connectivity index (χ1) is 29.5. The number of aliphatic hydroxyl groups excluding tert-OH is 1. The number of rotatable bonds is 7. The van der Waals surface area contributed by atoms with Gasteiger partial charge in [0.15, 0.2) is 11.7 Å². The summed E-state index contributed by atoms with van der Waals surface area (Å²) in [5, 5.41) is 29.1. The Morgan fingerprint density at radius 3 is 2.13 bits per heavy atom. The molecule has 0 saturated carbocycles. The van der Waals surface area contributed by atoms with Gasteiger partial charge in [0.25, 0.3) is 5.91 Å². The van der Waals surface area contributed by atoms with Gasteiger partial charge in [-0.2, -0.15) is 0 Å². The molecule has 0 spiro atoms. The van der Waals surface area contributed by atoms with Crippen LogP contribution in [0.1, 0.15) is 83.4 Å². The van der Waals surface area contributed by atoms with Crippen LogP contribution >= 0.6 is 0 Å². The number of ether oxygens (including phenoxy) is 1. The van der Waals surface area contributed by atoms with Crippen molar-refractivity contribution in [1.82, 2.24) is 40.5 Å². The van der Waals surface area contributed by atoms with E-state index < -0.39 is 120 Å². The zero-order valence-electron chi connectivity index (χ0n) is 37.6. The summed E-state index contributed by atoms with van der Waals surface area (Å²) in [5.74, 6) is -7.75. The second-order valence-corrected chi connectivity index (χ2v) is 17.3. The molecule has 63 heavy (non-hydrogen) atoms. The number of aromatic nitrogens is 1.